The first kappa shape index (κ1) is 25.5. The standard InChI is InChI=1S/C27H38O3S2/c1-5-30-25(28)14-13-24-23(21(3)26-31-17-18-32-26)12-11-20(2)27(24,4)15-16-29-19-22-9-7-6-8-10-22/h6-10,13-14,20,24,26H,5,11-12,15-19H2,1-4H3/b14-13+,23-21-/t20-,24-,27+/m0/s1. The molecule has 1 aliphatic heterocycles. The Hall–Kier alpha value is -1.17. The van der Waals surface area contributed by atoms with Gasteiger partial charge < -0.3 is 9.47 Å². The minimum Gasteiger partial charge on any atom is -0.463 e. The molecule has 0 amide bonds. The largest absolute Gasteiger partial charge is 0.463 e. The summed E-state index contributed by atoms with van der Waals surface area (Å²) in [5.41, 5.74) is 4.29. The van der Waals surface area contributed by atoms with Gasteiger partial charge in [0.25, 0.3) is 0 Å². The van der Waals surface area contributed by atoms with Gasteiger partial charge in [0.15, 0.2) is 0 Å². The lowest BCUT2D eigenvalue weighted by Gasteiger charge is -2.48. The normalized spacial score (nSPS) is 28.2. The predicted molar refractivity (Wildman–Crippen MR) is 138 cm³/mol. The summed E-state index contributed by atoms with van der Waals surface area (Å²) in [6.45, 7) is 10.7. The van der Waals surface area contributed by atoms with Crippen molar-refractivity contribution in [2.24, 2.45) is 17.3 Å². The number of benzene rings is 1. The number of esters is 1. The highest BCUT2D eigenvalue weighted by molar-refractivity contribution is 8.20. The summed E-state index contributed by atoms with van der Waals surface area (Å²) in [6, 6.07) is 10.4. The van der Waals surface area contributed by atoms with Crippen molar-refractivity contribution in [1.82, 2.24) is 0 Å². The zero-order valence-electron chi connectivity index (χ0n) is 20.0. The average Bonchev–Trinajstić information content (AvgIpc) is 3.33. The van der Waals surface area contributed by atoms with E-state index in [1.807, 2.05) is 13.0 Å². The molecule has 0 aromatic heterocycles. The SMILES string of the molecule is CCOC(=O)/C=C/[C@H]1/C(=C(/C)C2SCCS2)CC[C@H](C)[C@@]1(C)CCOCc1ccccc1. The van der Waals surface area contributed by atoms with Gasteiger partial charge in [-0.25, -0.2) is 4.79 Å². The molecule has 3 atom stereocenters. The molecule has 1 aromatic carbocycles. The molecule has 0 bridgehead atoms. The molecular formula is C27H38O3S2. The van der Waals surface area contributed by atoms with Crippen LogP contribution in [-0.4, -0.2) is 35.3 Å². The highest BCUT2D eigenvalue weighted by atomic mass is 32.2. The van der Waals surface area contributed by atoms with Crippen molar-refractivity contribution in [1.29, 1.82) is 0 Å². The Morgan fingerprint density at radius 1 is 1.22 bits per heavy atom. The van der Waals surface area contributed by atoms with Gasteiger partial charge >= 0.3 is 5.97 Å². The number of thioether (sulfide) groups is 2. The number of hydrogen-bond acceptors (Lipinski definition) is 5. The van der Waals surface area contributed by atoms with Crippen LogP contribution in [-0.2, 0) is 20.9 Å². The third-order valence-electron chi connectivity index (χ3n) is 7.15. The quantitative estimate of drug-likeness (QED) is 0.169. The van der Waals surface area contributed by atoms with Gasteiger partial charge in [0, 0.05) is 30.1 Å². The summed E-state index contributed by atoms with van der Waals surface area (Å²) in [5.74, 6) is 3.00. The minimum absolute atomic E-state index is 0.0441. The molecule has 0 spiro atoms. The van der Waals surface area contributed by atoms with E-state index < -0.39 is 0 Å². The van der Waals surface area contributed by atoms with Crippen molar-refractivity contribution in [3.8, 4) is 0 Å². The Kier molecular flexibility index (Phi) is 9.81. The summed E-state index contributed by atoms with van der Waals surface area (Å²) in [7, 11) is 0. The first-order chi connectivity index (χ1) is 15.5. The maximum atomic E-state index is 12.2. The Morgan fingerprint density at radius 2 is 1.94 bits per heavy atom. The van der Waals surface area contributed by atoms with E-state index in [1.54, 1.807) is 6.08 Å². The summed E-state index contributed by atoms with van der Waals surface area (Å²) >= 11 is 4.13. The number of carbonyl (C=O) groups is 1. The van der Waals surface area contributed by atoms with Crippen LogP contribution in [0.2, 0.25) is 0 Å². The van der Waals surface area contributed by atoms with Crippen LogP contribution in [0.1, 0.15) is 52.5 Å². The first-order valence-corrected chi connectivity index (χ1v) is 13.9. The van der Waals surface area contributed by atoms with Gasteiger partial charge in [-0.1, -0.05) is 61.4 Å². The molecule has 5 heteroatoms. The van der Waals surface area contributed by atoms with Crippen molar-refractivity contribution in [3.05, 3.63) is 59.2 Å². The second kappa shape index (κ2) is 12.3. The van der Waals surface area contributed by atoms with Crippen molar-refractivity contribution < 1.29 is 14.3 Å². The van der Waals surface area contributed by atoms with Gasteiger partial charge in [0.05, 0.1) is 17.8 Å². The molecule has 1 heterocycles. The maximum Gasteiger partial charge on any atom is 0.330 e. The molecule has 1 aliphatic carbocycles. The monoisotopic (exact) mass is 474 g/mol. The van der Waals surface area contributed by atoms with Crippen LogP contribution in [0, 0.1) is 17.3 Å². The van der Waals surface area contributed by atoms with Crippen molar-refractivity contribution in [2.45, 2.75) is 58.1 Å². The van der Waals surface area contributed by atoms with E-state index in [2.05, 4.69) is 74.6 Å². The van der Waals surface area contributed by atoms with Gasteiger partial charge in [-0.3, -0.25) is 0 Å². The first-order valence-electron chi connectivity index (χ1n) is 11.8. The smallest absolute Gasteiger partial charge is 0.330 e. The predicted octanol–water partition coefficient (Wildman–Crippen LogP) is 6.89. The summed E-state index contributed by atoms with van der Waals surface area (Å²) in [5, 5.41) is 0. The maximum absolute atomic E-state index is 12.2. The Labute approximate surface area is 202 Å². The van der Waals surface area contributed by atoms with E-state index in [9.17, 15) is 4.79 Å². The lowest BCUT2D eigenvalue weighted by Crippen LogP contribution is -2.40. The second-order valence-corrected chi connectivity index (χ2v) is 11.8. The minimum atomic E-state index is -0.241. The molecule has 1 saturated heterocycles. The summed E-state index contributed by atoms with van der Waals surface area (Å²) in [4.78, 5) is 12.2. The molecule has 2 aliphatic rings. The van der Waals surface area contributed by atoms with Crippen LogP contribution < -0.4 is 0 Å². The van der Waals surface area contributed by atoms with Gasteiger partial charge in [-0.15, -0.1) is 23.5 Å². The number of hydrogen-bond donors (Lipinski definition) is 0. The van der Waals surface area contributed by atoms with Crippen molar-refractivity contribution >= 4 is 29.5 Å². The van der Waals surface area contributed by atoms with Gasteiger partial charge in [0.1, 0.15) is 0 Å². The van der Waals surface area contributed by atoms with Crippen LogP contribution >= 0.6 is 23.5 Å². The van der Waals surface area contributed by atoms with Crippen LogP contribution in [0.5, 0.6) is 0 Å². The fraction of sp³-hybridized carbons (Fsp3) is 0.593. The number of ether oxygens (including phenoxy) is 2. The lowest BCUT2D eigenvalue weighted by atomic mass is 9.58. The van der Waals surface area contributed by atoms with E-state index in [0.29, 0.717) is 23.7 Å². The number of rotatable bonds is 9. The van der Waals surface area contributed by atoms with E-state index in [-0.39, 0.29) is 17.3 Å². The third kappa shape index (κ3) is 6.45. The molecule has 176 valence electrons. The van der Waals surface area contributed by atoms with Gasteiger partial charge in [0.2, 0.25) is 0 Å². The second-order valence-electron chi connectivity index (χ2n) is 9.10. The van der Waals surface area contributed by atoms with Gasteiger partial charge in [-0.2, -0.15) is 0 Å². The van der Waals surface area contributed by atoms with Crippen molar-refractivity contribution in [2.75, 3.05) is 24.7 Å². The third-order valence-corrected chi connectivity index (χ3v) is 10.4. The molecule has 0 N–H and O–H groups in total. The average molecular weight is 475 g/mol. The molecular weight excluding hydrogens is 436 g/mol. The summed E-state index contributed by atoms with van der Waals surface area (Å²) < 4.78 is 11.9. The van der Waals surface area contributed by atoms with Crippen molar-refractivity contribution in [3.63, 3.8) is 0 Å². The molecule has 3 rings (SSSR count). The lowest BCUT2D eigenvalue weighted by molar-refractivity contribution is -0.137. The Bertz CT molecular complexity index is 798. The van der Waals surface area contributed by atoms with E-state index in [0.717, 1.165) is 19.4 Å². The fourth-order valence-electron chi connectivity index (χ4n) is 4.92. The molecule has 3 nitrogen and oxygen atoms in total. The van der Waals surface area contributed by atoms with E-state index >= 15 is 0 Å². The molecule has 1 saturated carbocycles. The molecule has 1 aromatic rings. The topological polar surface area (TPSA) is 35.5 Å². The van der Waals surface area contributed by atoms with Crippen LogP contribution in [0.15, 0.2) is 53.6 Å². The zero-order chi connectivity index (χ0) is 23.0. The highest BCUT2D eigenvalue weighted by Gasteiger charge is 2.43. The number of allylic oxidation sites excluding steroid dienone is 2. The summed E-state index contributed by atoms with van der Waals surface area (Å²) in [6.07, 6.45) is 7.07. The number of carbonyl (C=O) groups excluding carboxylic acids is 1. The molecule has 2 fully saturated rings. The molecule has 0 radical (unpaired) electrons. The molecule has 32 heavy (non-hydrogen) atoms. The van der Waals surface area contributed by atoms with E-state index in [4.69, 9.17) is 9.47 Å². The zero-order valence-corrected chi connectivity index (χ0v) is 21.6. The Balaban J connectivity index is 1.80. The van der Waals surface area contributed by atoms with Crippen LogP contribution in [0.4, 0.5) is 0 Å². The fourth-order valence-corrected chi connectivity index (χ4v) is 7.89. The highest BCUT2D eigenvalue weighted by Crippen LogP contribution is 2.53. The van der Waals surface area contributed by atoms with Crippen LogP contribution in [0.25, 0.3) is 0 Å². The Morgan fingerprint density at radius 3 is 2.62 bits per heavy atom. The van der Waals surface area contributed by atoms with Crippen LogP contribution in [0.3, 0.4) is 0 Å². The van der Waals surface area contributed by atoms with E-state index in [1.165, 1.54) is 34.6 Å². The molecule has 0 unspecified atom stereocenters. The van der Waals surface area contributed by atoms with Gasteiger partial charge in [-0.05, 0) is 50.0 Å².